The van der Waals surface area contributed by atoms with E-state index in [9.17, 15) is 14.3 Å². The number of quaternary nitrogens is 1. The predicted molar refractivity (Wildman–Crippen MR) is 305 cm³/mol. The predicted octanol–water partition coefficient (Wildman–Crippen LogP) is 18.8. The number of allylic oxidation sites excluding steroid dienone is 8. The molecule has 0 N–H and O–H groups in total. The highest BCUT2D eigenvalue weighted by Crippen LogP contribution is 2.38. The first-order chi connectivity index (χ1) is 34.6. The van der Waals surface area contributed by atoms with Gasteiger partial charge >= 0.3 is 5.97 Å². The van der Waals surface area contributed by atoms with Gasteiger partial charge in [0, 0.05) is 13.0 Å². The summed E-state index contributed by atoms with van der Waals surface area (Å²) in [6.45, 7) is 5.44. The van der Waals surface area contributed by atoms with Gasteiger partial charge in [-0.25, -0.2) is 0 Å². The van der Waals surface area contributed by atoms with Gasteiger partial charge in [-0.1, -0.05) is 249 Å². The van der Waals surface area contributed by atoms with Crippen LogP contribution in [0.2, 0.25) is 0 Å². The average molecular weight is 1020 g/mol. The third-order valence-corrected chi connectivity index (χ3v) is 14.3. The highest BCUT2D eigenvalue weighted by atomic mass is 31.2. The molecule has 2 unspecified atom stereocenters. The van der Waals surface area contributed by atoms with Gasteiger partial charge in [0.05, 0.1) is 34.4 Å². The van der Waals surface area contributed by atoms with Crippen molar-refractivity contribution in [3.05, 3.63) is 48.6 Å². The first-order valence-corrected chi connectivity index (χ1v) is 31.8. The fourth-order valence-corrected chi connectivity index (χ4v) is 9.40. The van der Waals surface area contributed by atoms with Crippen LogP contribution in [0.4, 0.5) is 0 Å². The van der Waals surface area contributed by atoms with Gasteiger partial charge in [0.2, 0.25) is 0 Å². The summed E-state index contributed by atoms with van der Waals surface area (Å²) in [5.74, 6) is -0.332. The molecule has 8 nitrogen and oxygen atoms in total. The van der Waals surface area contributed by atoms with E-state index in [-0.39, 0.29) is 25.8 Å². The molecule has 2 atom stereocenters. The lowest BCUT2D eigenvalue weighted by atomic mass is 10.0. The van der Waals surface area contributed by atoms with E-state index in [2.05, 4.69) is 62.5 Å². The van der Waals surface area contributed by atoms with Crippen LogP contribution in [0.25, 0.3) is 0 Å². The zero-order chi connectivity index (χ0) is 51.9. The molecule has 0 bridgehead atoms. The molecule has 0 spiro atoms. The number of hydrogen-bond acceptors (Lipinski definition) is 7. The standard InChI is InChI=1S/C62H118NO7P/c1-6-8-10-12-14-16-18-20-22-24-26-28-30-31-32-34-36-38-40-42-44-46-48-50-52-54-57-67-59-61(60-69-71(65,66)68-58-56-63(3,4)5)70-62(64)55-53-51-49-47-45-43-41-39-37-35-33-29-27-25-23-21-19-17-15-13-11-9-7-2/h18-21,24-27,61H,6-17,22-23,28-60H2,1-5H3/b20-18-,21-19-,26-24-,27-25-. The van der Waals surface area contributed by atoms with Crippen molar-refractivity contribution in [3.8, 4) is 0 Å². The Morgan fingerprint density at radius 3 is 1.14 bits per heavy atom. The van der Waals surface area contributed by atoms with Crippen LogP contribution in [0.1, 0.15) is 284 Å². The molecule has 0 aromatic carbocycles. The second-order valence-electron chi connectivity index (χ2n) is 21.7. The lowest BCUT2D eigenvalue weighted by Gasteiger charge is -2.28. The Kier molecular flexibility index (Phi) is 53.5. The topological polar surface area (TPSA) is 94.1 Å². The van der Waals surface area contributed by atoms with Crippen molar-refractivity contribution in [1.82, 2.24) is 0 Å². The number of carbonyl (C=O) groups excluding carboxylic acids is 1. The van der Waals surface area contributed by atoms with E-state index in [1.165, 1.54) is 218 Å². The molecule has 9 heteroatoms. The number of rotatable bonds is 57. The zero-order valence-corrected chi connectivity index (χ0v) is 48.6. The highest BCUT2D eigenvalue weighted by Gasteiger charge is 2.20. The average Bonchev–Trinajstić information content (AvgIpc) is 3.33. The quantitative estimate of drug-likeness (QED) is 0.0197. The number of likely N-dealkylation sites (N-methyl/N-ethyl adjacent to an activating group) is 1. The molecule has 0 aromatic heterocycles. The smallest absolute Gasteiger partial charge is 0.306 e. The minimum absolute atomic E-state index is 0.0258. The Hall–Kier alpha value is -1.54. The molecule has 0 aromatic rings. The maximum absolute atomic E-state index is 12.8. The molecule has 71 heavy (non-hydrogen) atoms. The van der Waals surface area contributed by atoms with Crippen molar-refractivity contribution < 1.29 is 37.3 Å². The van der Waals surface area contributed by atoms with Gasteiger partial charge in [-0.05, 0) is 77.0 Å². The van der Waals surface area contributed by atoms with Gasteiger partial charge in [-0.15, -0.1) is 0 Å². The molecule has 418 valence electrons. The molecule has 0 fully saturated rings. The van der Waals surface area contributed by atoms with Gasteiger partial charge in [0.25, 0.3) is 7.82 Å². The second kappa shape index (κ2) is 54.7. The summed E-state index contributed by atoms with van der Waals surface area (Å²) in [4.78, 5) is 25.3. The molecular formula is C62H118NO7P. The highest BCUT2D eigenvalue weighted by molar-refractivity contribution is 7.45. The summed E-state index contributed by atoms with van der Waals surface area (Å²) in [6.07, 6.45) is 70.1. The first-order valence-electron chi connectivity index (χ1n) is 30.4. The molecule has 0 rings (SSSR count). The van der Waals surface area contributed by atoms with E-state index < -0.39 is 13.9 Å². The van der Waals surface area contributed by atoms with E-state index in [4.69, 9.17) is 18.5 Å². The Bertz CT molecular complexity index is 1280. The summed E-state index contributed by atoms with van der Waals surface area (Å²) in [6, 6.07) is 0. The van der Waals surface area contributed by atoms with Crippen molar-refractivity contribution in [1.29, 1.82) is 0 Å². The van der Waals surface area contributed by atoms with Gasteiger partial charge in [0.15, 0.2) is 0 Å². The molecule has 0 aliphatic heterocycles. The molecule has 0 saturated heterocycles. The summed E-state index contributed by atoms with van der Waals surface area (Å²) < 4.78 is 34.9. The zero-order valence-electron chi connectivity index (χ0n) is 47.7. The molecule has 0 heterocycles. The van der Waals surface area contributed by atoms with Crippen molar-refractivity contribution in [3.63, 3.8) is 0 Å². The number of unbranched alkanes of at least 4 members (excludes halogenated alkanes) is 35. The molecule has 0 saturated carbocycles. The van der Waals surface area contributed by atoms with E-state index in [1.807, 2.05) is 21.1 Å². The van der Waals surface area contributed by atoms with Crippen LogP contribution < -0.4 is 4.89 Å². The molecular weight excluding hydrogens is 902 g/mol. The summed E-state index contributed by atoms with van der Waals surface area (Å²) in [5, 5.41) is 0. The van der Waals surface area contributed by atoms with E-state index in [0.717, 1.165) is 44.9 Å². The van der Waals surface area contributed by atoms with Crippen LogP contribution in [0.15, 0.2) is 48.6 Å². The maximum Gasteiger partial charge on any atom is 0.306 e. The summed E-state index contributed by atoms with van der Waals surface area (Å²) in [7, 11) is 1.36. The van der Waals surface area contributed by atoms with E-state index in [1.54, 1.807) is 0 Å². The number of esters is 1. The van der Waals surface area contributed by atoms with E-state index >= 15 is 0 Å². The Morgan fingerprint density at radius 1 is 0.437 bits per heavy atom. The van der Waals surface area contributed by atoms with Crippen LogP contribution in [0, 0.1) is 0 Å². The number of phosphoric ester groups is 1. The van der Waals surface area contributed by atoms with Crippen molar-refractivity contribution in [2.75, 3.05) is 54.1 Å². The van der Waals surface area contributed by atoms with Gasteiger partial charge in [0.1, 0.15) is 19.3 Å². The third-order valence-electron chi connectivity index (χ3n) is 13.4. The van der Waals surface area contributed by atoms with Crippen molar-refractivity contribution in [2.24, 2.45) is 0 Å². The third kappa shape index (κ3) is 59.2. The van der Waals surface area contributed by atoms with Gasteiger partial charge in [-0.2, -0.15) is 0 Å². The normalized spacial score (nSPS) is 13.7. The number of hydrogen-bond donors (Lipinski definition) is 0. The SMILES string of the molecule is CCCCCCC/C=C\C/C=C\CCCCCCCCCCCCCCCCOCC(COP(=O)([O-])OCC[N+](C)(C)C)OC(=O)CCCCCCCCCCCCC/C=C\C/C=C\CCCCCCC. The van der Waals surface area contributed by atoms with Crippen LogP contribution in [0.5, 0.6) is 0 Å². The fraction of sp³-hybridized carbons (Fsp3) is 0.855. The van der Waals surface area contributed by atoms with Crippen LogP contribution in [0.3, 0.4) is 0 Å². The number of nitrogens with zero attached hydrogens (tertiary/aromatic N) is 1. The molecule has 0 aliphatic rings. The fourth-order valence-electron chi connectivity index (χ4n) is 8.67. The lowest BCUT2D eigenvalue weighted by molar-refractivity contribution is -0.870. The number of carbonyl (C=O) groups is 1. The van der Waals surface area contributed by atoms with Gasteiger partial charge < -0.3 is 27.9 Å². The van der Waals surface area contributed by atoms with Crippen LogP contribution in [-0.4, -0.2) is 70.7 Å². The summed E-state index contributed by atoms with van der Waals surface area (Å²) in [5.41, 5.74) is 0. The number of ether oxygens (including phenoxy) is 2. The van der Waals surface area contributed by atoms with Crippen molar-refractivity contribution >= 4 is 13.8 Å². The van der Waals surface area contributed by atoms with E-state index in [0.29, 0.717) is 24.1 Å². The Balaban J connectivity index is 4.03. The Labute approximate surface area is 441 Å². The van der Waals surface area contributed by atoms with Crippen LogP contribution >= 0.6 is 7.82 Å². The minimum Gasteiger partial charge on any atom is -0.756 e. The largest absolute Gasteiger partial charge is 0.756 e. The van der Waals surface area contributed by atoms with Crippen LogP contribution in [-0.2, 0) is 27.9 Å². The molecule has 0 aliphatic carbocycles. The second-order valence-corrected chi connectivity index (χ2v) is 23.1. The van der Waals surface area contributed by atoms with Gasteiger partial charge in [-0.3, -0.25) is 9.36 Å². The lowest BCUT2D eigenvalue weighted by Crippen LogP contribution is -2.37. The molecule has 0 radical (unpaired) electrons. The maximum atomic E-state index is 12.8. The molecule has 0 amide bonds. The number of phosphoric acid groups is 1. The van der Waals surface area contributed by atoms with Crippen molar-refractivity contribution in [2.45, 2.75) is 290 Å². The first kappa shape index (κ1) is 69.5. The minimum atomic E-state index is -4.54. The Morgan fingerprint density at radius 2 is 0.775 bits per heavy atom. The monoisotopic (exact) mass is 1020 g/mol. The summed E-state index contributed by atoms with van der Waals surface area (Å²) >= 11 is 0.